The first kappa shape index (κ1) is 19.2. The highest BCUT2D eigenvalue weighted by Crippen LogP contribution is 2.37. The minimum atomic E-state index is -0.366. The van der Waals surface area contributed by atoms with Crippen molar-refractivity contribution in [3.63, 3.8) is 0 Å². The summed E-state index contributed by atoms with van der Waals surface area (Å²) in [4.78, 5) is 24.8. The van der Waals surface area contributed by atoms with Crippen molar-refractivity contribution in [2.45, 2.75) is 31.2 Å². The Labute approximate surface area is 162 Å². The number of carbonyl (C=O) groups excluding carboxylic acids is 2. The van der Waals surface area contributed by atoms with E-state index in [1.54, 1.807) is 30.3 Å². The summed E-state index contributed by atoms with van der Waals surface area (Å²) in [7, 11) is 0. The monoisotopic (exact) mass is 387 g/mol. The van der Waals surface area contributed by atoms with E-state index in [4.69, 9.17) is 0 Å². The number of hydrogen-bond acceptors (Lipinski definition) is 3. The molecule has 27 heavy (non-hydrogen) atoms. The van der Waals surface area contributed by atoms with Crippen molar-refractivity contribution in [3.8, 4) is 0 Å². The Balaban J connectivity index is 1.66. The van der Waals surface area contributed by atoms with Gasteiger partial charge in [-0.2, -0.15) is 0 Å². The molecular formula is C20H22FN3O2S. The molecule has 0 saturated carbocycles. The smallest absolute Gasteiger partial charge is 0.319 e. The predicted octanol–water partition coefficient (Wildman–Crippen LogP) is 4.78. The molecule has 1 unspecified atom stereocenters. The lowest BCUT2D eigenvalue weighted by molar-refractivity contribution is -0.118. The molecule has 2 aromatic rings. The second kappa shape index (κ2) is 8.43. The molecule has 1 atom stereocenters. The standard InChI is InChI=1S/C20H22FN3O2S/c1-12(2)19(25)22-13-5-3-6-14(11-13)23-20(26)24-17-9-10-27-18-15(17)7-4-8-16(18)21/h3-8,11-12,17H,9-10H2,1-2H3,(H,22,25)(H2,23,24,26). The number of anilines is 2. The Kier molecular flexibility index (Phi) is 6.01. The zero-order valence-corrected chi connectivity index (χ0v) is 16.0. The molecule has 0 spiro atoms. The molecule has 3 rings (SSSR count). The van der Waals surface area contributed by atoms with Crippen LogP contribution in [0.3, 0.4) is 0 Å². The van der Waals surface area contributed by atoms with E-state index < -0.39 is 0 Å². The number of fused-ring (bicyclic) bond motifs is 1. The van der Waals surface area contributed by atoms with Crippen molar-refractivity contribution in [2.75, 3.05) is 16.4 Å². The van der Waals surface area contributed by atoms with Crippen molar-refractivity contribution in [3.05, 3.63) is 53.8 Å². The van der Waals surface area contributed by atoms with Crippen LogP contribution < -0.4 is 16.0 Å². The SMILES string of the molecule is CC(C)C(=O)Nc1cccc(NC(=O)NC2CCSc3c(F)cccc32)c1. The highest BCUT2D eigenvalue weighted by molar-refractivity contribution is 7.99. The van der Waals surface area contributed by atoms with E-state index >= 15 is 0 Å². The van der Waals surface area contributed by atoms with E-state index in [2.05, 4.69) is 16.0 Å². The molecule has 142 valence electrons. The summed E-state index contributed by atoms with van der Waals surface area (Å²) in [5, 5.41) is 8.49. The number of rotatable bonds is 4. The first-order valence-corrected chi connectivity index (χ1v) is 9.82. The summed E-state index contributed by atoms with van der Waals surface area (Å²) in [6.07, 6.45) is 0.735. The normalized spacial score (nSPS) is 15.8. The van der Waals surface area contributed by atoms with Crippen LogP contribution in [0.4, 0.5) is 20.6 Å². The third kappa shape index (κ3) is 4.80. The van der Waals surface area contributed by atoms with Crippen molar-refractivity contribution in [2.24, 2.45) is 5.92 Å². The maximum Gasteiger partial charge on any atom is 0.319 e. The quantitative estimate of drug-likeness (QED) is 0.707. The number of carbonyl (C=O) groups is 2. The molecule has 1 aliphatic heterocycles. The van der Waals surface area contributed by atoms with Gasteiger partial charge in [0.1, 0.15) is 5.82 Å². The van der Waals surface area contributed by atoms with E-state index in [0.717, 1.165) is 17.7 Å². The molecule has 0 saturated heterocycles. The van der Waals surface area contributed by atoms with Gasteiger partial charge in [0.2, 0.25) is 5.91 Å². The lowest BCUT2D eigenvalue weighted by atomic mass is 10.0. The summed E-state index contributed by atoms with van der Waals surface area (Å²) in [5.74, 6) is 0.276. The van der Waals surface area contributed by atoms with E-state index in [-0.39, 0.29) is 29.7 Å². The zero-order valence-electron chi connectivity index (χ0n) is 15.2. The first-order valence-electron chi connectivity index (χ1n) is 8.83. The average molecular weight is 387 g/mol. The molecule has 1 aliphatic rings. The second-order valence-corrected chi connectivity index (χ2v) is 7.78. The minimum Gasteiger partial charge on any atom is -0.331 e. The maximum atomic E-state index is 14.0. The maximum absolute atomic E-state index is 14.0. The van der Waals surface area contributed by atoms with Gasteiger partial charge in [-0.25, -0.2) is 9.18 Å². The summed E-state index contributed by atoms with van der Waals surface area (Å²) < 4.78 is 14.0. The molecule has 5 nitrogen and oxygen atoms in total. The van der Waals surface area contributed by atoms with Crippen LogP contribution in [0, 0.1) is 11.7 Å². The molecule has 0 aromatic heterocycles. The minimum absolute atomic E-state index is 0.0880. The number of thioether (sulfide) groups is 1. The van der Waals surface area contributed by atoms with Gasteiger partial charge in [-0.3, -0.25) is 4.79 Å². The Morgan fingerprint density at radius 1 is 1.11 bits per heavy atom. The molecule has 7 heteroatoms. The highest BCUT2D eigenvalue weighted by atomic mass is 32.2. The van der Waals surface area contributed by atoms with Crippen molar-refractivity contribution < 1.29 is 14.0 Å². The van der Waals surface area contributed by atoms with Crippen LogP contribution in [-0.2, 0) is 4.79 Å². The Bertz CT molecular complexity index is 857. The van der Waals surface area contributed by atoms with Gasteiger partial charge < -0.3 is 16.0 Å². The first-order chi connectivity index (χ1) is 12.9. The van der Waals surface area contributed by atoms with Crippen LogP contribution in [0.15, 0.2) is 47.4 Å². The lowest BCUT2D eigenvalue weighted by Crippen LogP contribution is -2.34. The largest absolute Gasteiger partial charge is 0.331 e. The summed E-state index contributed by atoms with van der Waals surface area (Å²) in [5.41, 5.74) is 1.99. The zero-order chi connectivity index (χ0) is 19.4. The number of benzene rings is 2. The molecule has 0 aliphatic carbocycles. The van der Waals surface area contributed by atoms with E-state index in [9.17, 15) is 14.0 Å². The van der Waals surface area contributed by atoms with E-state index in [1.807, 2.05) is 19.9 Å². The molecule has 2 aromatic carbocycles. The Morgan fingerprint density at radius 3 is 2.56 bits per heavy atom. The van der Waals surface area contributed by atoms with Gasteiger partial charge in [0.25, 0.3) is 0 Å². The number of hydrogen-bond donors (Lipinski definition) is 3. The van der Waals surface area contributed by atoms with E-state index in [1.165, 1.54) is 17.8 Å². The van der Waals surface area contributed by atoms with Crippen LogP contribution >= 0.6 is 11.8 Å². The van der Waals surface area contributed by atoms with Crippen LogP contribution in [-0.4, -0.2) is 17.7 Å². The van der Waals surface area contributed by atoms with Crippen molar-refractivity contribution in [1.82, 2.24) is 5.32 Å². The molecular weight excluding hydrogens is 365 g/mol. The third-order valence-electron chi connectivity index (χ3n) is 4.24. The summed E-state index contributed by atoms with van der Waals surface area (Å²) >= 11 is 1.47. The predicted molar refractivity (Wildman–Crippen MR) is 107 cm³/mol. The Morgan fingerprint density at radius 2 is 1.81 bits per heavy atom. The van der Waals surface area contributed by atoms with Gasteiger partial charge >= 0.3 is 6.03 Å². The van der Waals surface area contributed by atoms with Crippen LogP contribution in [0.25, 0.3) is 0 Å². The molecule has 0 fully saturated rings. The fourth-order valence-corrected chi connectivity index (χ4v) is 3.96. The molecule has 0 bridgehead atoms. The van der Waals surface area contributed by atoms with Gasteiger partial charge in [-0.05, 0) is 36.2 Å². The van der Waals surface area contributed by atoms with Gasteiger partial charge in [0, 0.05) is 27.9 Å². The third-order valence-corrected chi connectivity index (χ3v) is 5.40. The topological polar surface area (TPSA) is 70.2 Å². The van der Waals surface area contributed by atoms with Crippen LogP contribution in [0.1, 0.15) is 31.9 Å². The molecule has 3 N–H and O–H groups in total. The van der Waals surface area contributed by atoms with Crippen LogP contribution in [0.2, 0.25) is 0 Å². The Hall–Kier alpha value is -2.54. The summed E-state index contributed by atoms with van der Waals surface area (Å²) in [6, 6.07) is 11.3. The van der Waals surface area contributed by atoms with Gasteiger partial charge in [0.15, 0.2) is 0 Å². The van der Waals surface area contributed by atoms with Crippen molar-refractivity contribution >= 4 is 35.1 Å². The number of urea groups is 1. The molecule has 1 heterocycles. The average Bonchev–Trinajstić information content (AvgIpc) is 2.63. The van der Waals surface area contributed by atoms with Crippen LogP contribution in [0.5, 0.6) is 0 Å². The highest BCUT2D eigenvalue weighted by Gasteiger charge is 2.24. The summed E-state index contributed by atoms with van der Waals surface area (Å²) in [6.45, 7) is 3.63. The number of nitrogens with one attached hydrogen (secondary N) is 3. The van der Waals surface area contributed by atoms with E-state index in [0.29, 0.717) is 16.3 Å². The van der Waals surface area contributed by atoms with Gasteiger partial charge in [-0.15, -0.1) is 11.8 Å². The van der Waals surface area contributed by atoms with Crippen molar-refractivity contribution in [1.29, 1.82) is 0 Å². The molecule has 0 radical (unpaired) electrons. The number of amides is 3. The fraction of sp³-hybridized carbons (Fsp3) is 0.300. The second-order valence-electron chi connectivity index (χ2n) is 6.67. The molecule has 3 amide bonds. The lowest BCUT2D eigenvalue weighted by Gasteiger charge is -2.26. The van der Waals surface area contributed by atoms with Gasteiger partial charge in [-0.1, -0.05) is 32.0 Å². The fourth-order valence-electron chi connectivity index (χ4n) is 2.82. The van der Waals surface area contributed by atoms with Gasteiger partial charge in [0.05, 0.1) is 6.04 Å². The number of halogens is 1.